The molecule has 0 aromatic carbocycles. The average Bonchev–Trinajstić information content (AvgIpc) is 2.21. The van der Waals surface area contributed by atoms with E-state index in [0.717, 1.165) is 5.69 Å². The molecule has 0 saturated heterocycles. The fourth-order valence-corrected chi connectivity index (χ4v) is 1.38. The SMILES string of the molecule is CCOCCn1cc(C(=O)O)c(=O)cc1C. The van der Waals surface area contributed by atoms with E-state index in [0.29, 0.717) is 19.8 Å². The van der Waals surface area contributed by atoms with Crippen LogP contribution in [0.25, 0.3) is 0 Å². The Balaban J connectivity index is 2.96. The van der Waals surface area contributed by atoms with Crippen molar-refractivity contribution in [1.29, 1.82) is 0 Å². The van der Waals surface area contributed by atoms with Gasteiger partial charge in [-0.05, 0) is 13.8 Å². The van der Waals surface area contributed by atoms with E-state index in [4.69, 9.17) is 9.84 Å². The summed E-state index contributed by atoms with van der Waals surface area (Å²) < 4.78 is 6.89. The Kier molecular flexibility index (Phi) is 4.25. The largest absolute Gasteiger partial charge is 0.477 e. The van der Waals surface area contributed by atoms with Gasteiger partial charge >= 0.3 is 5.97 Å². The first-order chi connectivity index (χ1) is 7.56. The molecule has 1 aromatic heterocycles. The summed E-state index contributed by atoms with van der Waals surface area (Å²) >= 11 is 0. The zero-order valence-corrected chi connectivity index (χ0v) is 9.40. The summed E-state index contributed by atoms with van der Waals surface area (Å²) in [6, 6.07) is 1.33. The zero-order chi connectivity index (χ0) is 12.1. The second kappa shape index (κ2) is 5.46. The number of aromatic nitrogens is 1. The number of aryl methyl sites for hydroxylation is 1. The molecular formula is C11H15NO4. The monoisotopic (exact) mass is 225 g/mol. The second-order valence-electron chi connectivity index (χ2n) is 3.39. The lowest BCUT2D eigenvalue weighted by atomic mass is 10.2. The molecule has 1 aromatic rings. The quantitative estimate of drug-likeness (QED) is 0.756. The van der Waals surface area contributed by atoms with Gasteiger partial charge in [0.2, 0.25) is 0 Å². The number of aromatic carboxylic acids is 1. The Bertz CT molecular complexity index is 436. The molecule has 5 nitrogen and oxygen atoms in total. The fourth-order valence-electron chi connectivity index (χ4n) is 1.38. The van der Waals surface area contributed by atoms with Crippen LogP contribution in [0, 0.1) is 6.92 Å². The Morgan fingerprint density at radius 2 is 2.25 bits per heavy atom. The Morgan fingerprint density at radius 1 is 1.56 bits per heavy atom. The number of pyridine rings is 1. The molecule has 0 amide bonds. The van der Waals surface area contributed by atoms with E-state index >= 15 is 0 Å². The summed E-state index contributed by atoms with van der Waals surface area (Å²) in [5.74, 6) is -1.20. The van der Waals surface area contributed by atoms with Gasteiger partial charge in [-0.1, -0.05) is 0 Å². The van der Waals surface area contributed by atoms with Crippen molar-refractivity contribution in [2.24, 2.45) is 0 Å². The van der Waals surface area contributed by atoms with Crippen LogP contribution in [0.15, 0.2) is 17.1 Å². The van der Waals surface area contributed by atoms with Gasteiger partial charge in [0.05, 0.1) is 6.61 Å². The van der Waals surface area contributed by atoms with Crippen molar-refractivity contribution in [3.05, 3.63) is 33.7 Å². The van der Waals surface area contributed by atoms with Crippen LogP contribution in [-0.2, 0) is 11.3 Å². The number of carboxylic acids is 1. The van der Waals surface area contributed by atoms with Crippen molar-refractivity contribution in [1.82, 2.24) is 4.57 Å². The molecule has 0 fully saturated rings. The maximum absolute atomic E-state index is 11.3. The van der Waals surface area contributed by atoms with E-state index in [2.05, 4.69) is 0 Å². The summed E-state index contributed by atoms with van der Waals surface area (Å²) in [6.07, 6.45) is 1.36. The molecule has 5 heteroatoms. The number of ether oxygens (including phenoxy) is 1. The molecule has 0 spiro atoms. The zero-order valence-electron chi connectivity index (χ0n) is 9.40. The minimum absolute atomic E-state index is 0.206. The smallest absolute Gasteiger partial charge is 0.341 e. The molecule has 0 aliphatic carbocycles. The maximum atomic E-state index is 11.3. The topological polar surface area (TPSA) is 68.5 Å². The van der Waals surface area contributed by atoms with Crippen LogP contribution in [0.2, 0.25) is 0 Å². The number of carbonyl (C=O) groups is 1. The molecule has 1 rings (SSSR count). The van der Waals surface area contributed by atoms with E-state index in [9.17, 15) is 9.59 Å². The van der Waals surface area contributed by atoms with Gasteiger partial charge in [0.15, 0.2) is 5.43 Å². The van der Waals surface area contributed by atoms with E-state index < -0.39 is 11.4 Å². The number of rotatable bonds is 5. The Hall–Kier alpha value is -1.62. The molecule has 0 bridgehead atoms. The highest BCUT2D eigenvalue weighted by Gasteiger charge is 2.10. The van der Waals surface area contributed by atoms with Crippen LogP contribution < -0.4 is 5.43 Å². The molecule has 1 N–H and O–H groups in total. The summed E-state index contributed by atoms with van der Waals surface area (Å²) in [5, 5.41) is 8.81. The van der Waals surface area contributed by atoms with Crippen molar-refractivity contribution >= 4 is 5.97 Å². The molecule has 0 atom stereocenters. The van der Waals surface area contributed by atoms with Gasteiger partial charge < -0.3 is 14.4 Å². The molecule has 1 heterocycles. The van der Waals surface area contributed by atoms with Crippen LogP contribution in [0.3, 0.4) is 0 Å². The lowest BCUT2D eigenvalue weighted by Gasteiger charge is -2.11. The van der Waals surface area contributed by atoms with Gasteiger partial charge in [0.1, 0.15) is 5.56 Å². The summed E-state index contributed by atoms with van der Waals surface area (Å²) in [6.45, 7) is 5.31. The minimum atomic E-state index is -1.20. The Labute approximate surface area is 93.3 Å². The van der Waals surface area contributed by atoms with E-state index in [1.807, 2.05) is 6.92 Å². The van der Waals surface area contributed by atoms with Gasteiger partial charge in [-0.25, -0.2) is 4.79 Å². The molecule has 0 saturated carbocycles. The molecule has 88 valence electrons. The van der Waals surface area contributed by atoms with Gasteiger partial charge in [-0.2, -0.15) is 0 Å². The maximum Gasteiger partial charge on any atom is 0.341 e. The van der Waals surface area contributed by atoms with Gasteiger partial charge in [-0.15, -0.1) is 0 Å². The number of carboxylic acid groups (broad SMARTS) is 1. The predicted octanol–water partition coefficient (Wildman–Crippen LogP) is 0.891. The van der Waals surface area contributed by atoms with Crippen molar-refractivity contribution in [2.45, 2.75) is 20.4 Å². The van der Waals surface area contributed by atoms with Crippen LogP contribution in [0.4, 0.5) is 0 Å². The van der Waals surface area contributed by atoms with E-state index in [-0.39, 0.29) is 5.56 Å². The lowest BCUT2D eigenvalue weighted by molar-refractivity contribution is 0.0694. The van der Waals surface area contributed by atoms with Crippen LogP contribution in [0.1, 0.15) is 23.0 Å². The number of nitrogens with zero attached hydrogens (tertiary/aromatic N) is 1. The fraction of sp³-hybridized carbons (Fsp3) is 0.455. The van der Waals surface area contributed by atoms with Gasteiger partial charge in [0.25, 0.3) is 0 Å². The Morgan fingerprint density at radius 3 is 2.81 bits per heavy atom. The molecule has 16 heavy (non-hydrogen) atoms. The third-order valence-electron chi connectivity index (χ3n) is 2.25. The van der Waals surface area contributed by atoms with Crippen LogP contribution in [-0.4, -0.2) is 28.9 Å². The highest BCUT2D eigenvalue weighted by atomic mass is 16.5. The van der Waals surface area contributed by atoms with Crippen molar-refractivity contribution in [2.75, 3.05) is 13.2 Å². The molecule has 0 aliphatic heterocycles. The number of hydrogen-bond donors (Lipinski definition) is 1. The molecular weight excluding hydrogens is 210 g/mol. The molecule has 0 unspecified atom stereocenters. The first kappa shape index (κ1) is 12.4. The average molecular weight is 225 g/mol. The first-order valence-corrected chi connectivity index (χ1v) is 5.08. The van der Waals surface area contributed by atoms with Crippen LogP contribution in [0.5, 0.6) is 0 Å². The van der Waals surface area contributed by atoms with Crippen LogP contribution >= 0.6 is 0 Å². The number of hydrogen-bond acceptors (Lipinski definition) is 3. The van der Waals surface area contributed by atoms with E-state index in [1.54, 1.807) is 11.5 Å². The van der Waals surface area contributed by atoms with Crippen molar-refractivity contribution in [3.63, 3.8) is 0 Å². The van der Waals surface area contributed by atoms with Crippen molar-refractivity contribution in [3.8, 4) is 0 Å². The molecule has 0 radical (unpaired) electrons. The highest BCUT2D eigenvalue weighted by molar-refractivity contribution is 5.87. The van der Waals surface area contributed by atoms with Gasteiger partial charge in [-0.3, -0.25) is 4.79 Å². The van der Waals surface area contributed by atoms with Crippen molar-refractivity contribution < 1.29 is 14.6 Å². The summed E-state index contributed by atoms with van der Waals surface area (Å²) in [5.41, 5.74) is 0.0643. The third-order valence-corrected chi connectivity index (χ3v) is 2.25. The lowest BCUT2D eigenvalue weighted by Crippen LogP contribution is -2.20. The second-order valence-corrected chi connectivity index (χ2v) is 3.39. The minimum Gasteiger partial charge on any atom is -0.477 e. The first-order valence-electron chi connectivity index (χ1n) is 5.08. The highest BCUT2D eigenvalue weighted by Crippen LogP contribution is 1.99. The predicted molar refractivity (Wildman–Crippen MR) is 58.9 cm³/mol. The molecule has 0 aliphatic rings. The third kappa shape index (κ3) is 2.93. The van der Waals surface area contributed by atoms with E-state index in [1.165, 1.54) is 12.3 Å². The standard InChI is InChI=1S/C11H15NO4/c1-3-16-5-4-12-7-9(11(14)15)10(13)6-8(12)2/h6-7H,3-5H2,1-2H3,(H,14,15). The normalized spacial score (nSPS) is 10.4. The summed E-state index contributed by atoms with van der Waals surface area (Å²) in [4.78, 5) is 22.1. The summed E-state index contributed by atoms with van der Waals surface area (Å²) in [7, 11) is 0. The van der Waals surface area contributed by atoms with Gasteiger partial charge in [0, 0.05) is 31.1 Å².